The molecule has 3 aromatic rings. The van der Waals surface area contributed by atoms with Gasteiger partial charge in [0.2, 0.25) is 5.91 Å². The van der Waals surface area contributed by atoms with Crippen molar-refractivity contribution in [3.63, 3.8) is 0 Å². The summed E-state index contributed by atoms with van der Waals surface area (Å²) in [4.78, 5) is 31.8. The SMILES string of the molecule is Cc1ccc(-c2nc(CC(=O)Nc3ccc(C(=O)N4CCSCC4)cc3C)cs2)cc1. The molecule has 0 spiro atoms. The number of anilines is 1. The normalized spacial score (nSPS) is 13.8. The third-order valence-electron chi connectivity index (χ3n) is 5.24. The molecule has 1 aromatic heterocycles. The van der Waals surface area contributed by atoms with Crippen LogP contribution in [0.15, 0.2) is 47.8 Å². The highest BCUT2D eigenvalue weighted by Gasteiger charge is 2.19. The summed E-state index contributed by atoms with van der Waals surface area (Å²) in [6.45, 7) is 5.55. The first kappa shape index (κ1) is 21.6. The van der Waals surface area contributed by atoms with Crippen LogP contribution in [0.2, 0.25) is 0 Å². The monoisotopic (exact) mass is 451 g/mol. The van der Waals surface area contributed by atoms with Crippen LogP contribution in [0.4, 0.5) is 5.69 Å². The summed E-state index contributed by atoms with van der Waals surface area (Å²) in [7, 11) is 0. The lowest BCUT2D eigenvalue weighted by Crippen LogP contribution is -2.37. The molecule has 0 unspecified atom stereocenters. The van der Waals surface area contributed by atoms with Gasteiger partial charge in [0.15, 0.2) is 0 Å². The number of benzene rings is 2. The van der Waals surface area contributed by atoms with Crippen molar-refractivity contribution in [3.05, 3.63) is 70.2 Å². The lowest BCUT2D eigenvalue weighted by molar-refractivity contribution is -0.115. The number of nitrogens with zero attached hydrogens (tertiary/aromatic N) is 2. The van der Waals surface area contributed by atoms with Gasteiger partial charge in [-0.1, -0.05) is 29.8 Å². The maximum absolute atomic E-state index is 12.7. The maximum atomic E-state index is 12.7. The molecule has 2 aromatic carbocycles. The number of carbonyl (C=O) groups excluding carboxylic acids is 2. The van der Waals surface area contributed by atoms with E-state index in [4.69, 9.17) is 0 Å². The topological polar surface area (TPSA) is 62.3 Å². The minimum atomic E-state index is -0.115. The summed E-state index contributed by atoms with van der Waals surface area (Å²) in [5, 5.41) is 5.80. The summed E-state index contributed by atoms with van der Waals surface area (Å²) in [5.74, 6) is 1.92. The molecule has 0 aliphatic carbocycles. The van der Waals surface area contributed by atoms with Crippen molar-refractivity contribution in [2.45, 2.75) is 20.3 Å². The van der Waals surface area contributed by atoms with Gasteiger partial charge >= 0.3 is 0 Å². The molecule has 0 bridgehead atoms. The van der Waals surface area contributed by atoms with Crippen LogP contribution >= 0.6 is 23.1 Å². The molecule has 1 fully saturated rings. The lowest BCUT2D eigenvalue weighted by atomic mass is 10.1. The number of thiazole rings is 1. The Hall–Kier alpha value is -2.64. The van der Waals surface area contributed by atoms with E-state index in [9.17, 15) is 9.59 Å². The van der Waals surface area contributed by atoms with Gasteiger partial charge in [-0.2, -0.15) is 11.8 Å². The molecule has 4 rings (SSSR count). The molecule has 31 heavy (non-hydrogen) atoms. The first-order valence-corrected chi connectivity index (χ1v) is 12.3. The predicted octanol–water partition coefficient (Wildman–Crippen LogP) is 4.80. The number of carbonyl (C=O) groups is 2. The molecule has 160 valence electrons. The van der Waals surface area contributed by atoms with Gasteiger partial charge in [-0.25, -0.2) is 4.98 Å². The second kappa shape index (κ2) is 9.66. The fourth-order valence-electron chi connectivity index (χ4n) is 3.46. The van der Waals surface area contributed by atoms with Crippen LogP contribution in [0.3, 0.4) is 0 Å². The van der Waals surface area contributed by atoms with Gasteiger partial charge in [-0.05, 0) is 37.6 Å². The maximum Gasteiger partial charge on any atom is 0.253 e. The molecule has 2 amide bonds. The van der Waals surface area contributed by atoms with Crippen molar-refractivity contribution < 1.29 is 9.59 Å². The average Bonchev–Trinajstić information content (AvgIpc) is 3.24. The van der Waals surface area contributed by atoms with Crippen molar-refractivity contribution in [1.82, 2.24) is 9.88 Å². The highest BCUT2D eigenvalue weighted by atomic mass is 32.2. The zero-order valence-electron chi connectivity index (χ0n) is 17.7. The van der Waals surface area contributed by atoms with Crippen LogP contribution in [-0.2, 0) is 11.2 Å². The molecule has 7 heteroatoms. The first-order chi connectivity index (χ1) is 15.0. The summed E-state index contributed by atoms with van der Waals surface area (Å²) >= 11 is 3.42. The Morgan fingerprint density at radius 2 is 1.81 bits per heavy atom. The van der Waals surface area contributed by atoms with E-state index in [0.29, 0.717) is 5.56 Å². The van der Waals surface area contributed by atoms with E-state index in [1.165, 1.54) is 5.56 Å². The van der Waals surface area contributed by atoms with Crippen molar-refractivity contribution in [2.24, 2.45) is 0 Å². The highest BCUT2D eigenvalue weighted by Crippen LogP contribution is 2.25. The Labute approximate surface area is 190 Å². The number of aryl methyl sites for hydroxylation is 2. The van der Waals surface area contributed by atoms with Crippen LogP contribution in [0.25, 0.3) is 10.6 Å². The molecule has 1 aliphatic rings. The number of rotatable bonds is 5. The van der Waals surface area contributed by atoms with Crippen LogP contribution in [-0.4, -0.2) is 46.3 Å². The van der Waals surface area contributed by atoms with Gasteiger partial charge < -0.3 is 10.2 Å². The lowest BCUT2D eigenvalue weighted by Gasteiger charge is -2.26. The Morgan fingerprint density at radius 1 is 1.06 bits per heavy atom. The molecular formula is C24H25N3O2S2. The fraction of sp³-hybridized carbons (Fsp3) is 0.292. The highest BCUT2D eigenvalue weighted by molar-refractivity contribution is 7.99. The third kappa shape index (κ3) is 5.35. The van der Waals surface area contributed by atoms with E-state index >= 15 is 0 Å². The van der Waals surface area contributed by atoms with Gasteiger partial charge in [0.1, 0.15) is 5.01 Å². The fourth-order valence-corrected chi connectivity index (χ4v) is 5.19. The van der Waals surface area contributed by atoms with Gasteiger partial charge in [0.05, 0.1) is 12.1 Å². The molecular weight excluding hydrogens is 426 g/mol. The molecule has 1 N–H and O–H groups in total. The minimum absolute atomic E-state index is 0.0624. The molecule has 0 saturated carbocycles. The number of hydrogen-bond acceptors (Lipinski definition) is 5. The van der Waals surface area contributed by atoms with Crippen LogP contribution in [0.5, 0.6) is 0 Å². The second-order valence-corrected chi connectivity index (χ2v) is 9.75. The van der Waals surface area contributed by atoms with E-state index in [0.717, 1.165) is 52.1 Å². The van der Waals surface area contributed by atoms with E-state index < -0.39 is 0 Å². The zero-order valence-corrected chi connectivity index (χ0v) is 19.3. The Bertz CT molecular complexity index is 1090. The van der Waals surface area contributed by atoms with Crippen molar-refractivity contribution in [3.8, 4) is 10.6 Å². The van der Waals surface area contributed by atoms with Gasteiger partial charge in [0.25, 0.3) is 5.91 Å². The standard InChI is InChI=1S/C24H25N3O2S2/c1-16-3-5-18(6-4-16)23-25-20(15-31-23)14-22(28)26-21-8-7-19(13-17(21)2)24(29)27-9-11-30-12-10-27/h3-8,13,15H,9-12,14H2,1-2H3,(H,26,28). The summed E-state index contributed by atoms with van der Waals surface area (Å²) in [6, 6.07) is 13.7. The molecule has 0 radical (unpaired) electrons. The Morgan fingerprint density at radius 3 is 2.52 bits per heavy atom. The van der Waals surface area contributed by atoms with E-state index in [1.807, 2.05) is 53.2 Å². The molecule has 1 saturated heterocycles. The minimum Gasteiger partial charge on any atom is -0.337 e. The molecule has 5 nitrogen and oxygen atoms in total. The number of aromatic nitrogens is 1. The van der Waals surface area contributed by atoms with Gasteiger partial charge in [-0.15, -0.1) is 11.3 Å². The smallest absolute Gasteiger partial charge is 0.253 e. The largest absolute Gasteiger partial charge is 0.337 e. The predicted molar refractivity (Wildman–Crippen MR) is 129 cm³/mol. The van der Waals surface area contributed by atoms with Crippen molar-refractivity contribution >= 4 is 40.6 Å². The van der Waals surface area contributed by atoms with Crippen LogP contribution in [0.1, 0.15) is 27.2 Å². The van der Waals surface area contributed by atoms with Crippen LogP contribution < -0.4 is 5.32 Å². The van der Waals surface area contributed by atoms with E-state index in [-0.39, 0.29) is 18.2 Å². The summed E-state index contributed by atoms with van der Waals surface area (Å²) in [5.41, 5.74) is 5.30. The average molecular weight is 452 g/mol. The van der Waals surface area contributed by atoms with E-state index in [1.54, 1.807) is 17.4 Å². The Kier molecular flexibility index (Phi) is 6.73. The molecule has 0 atom stereocenters. The second-order valence-electron chi connectivity index (χ2n) is 7.67. The summed E-state index contributed by atoms with van der Waals surface area (Å²) in [6.07, 6.45) is 0.216. The number of hydrogen-bond donors (Lipinski definition) is 1. The number of thioether (sulfide) groups is 1. The van der Waals surface area contributed by atoms with Gasteiger partial charge in [0, 0.05) is 46.8 Å². The quantitative estimate of drug-likeness (QED) is 0.605. The van der Waals surface area contributed by atoms with Crippen molar-refractivity contribution in [2.75, 3.05) is 29.9 Å². The molecule has 1 aliphatic heterocycles. The van der Waals surface area contributed by atoms with Crippen LogP contribution in [0, 0.1) is 13.8 Å². The molecule has 2 heterocycles. The van der Waals surface area contributed by atoms with E-state index in [2.05, 4.69) is 29.4 Å². The van der Waals surface area contributed by atoms with Crippen molar-refractivity contribution in [1.29, 1.82) is 0 Å². The van der Waals surface area contributed by atoms with Gasteiger partial charge in [-0.3, -0.25) is 9.59 Å². The number of amides is 2. The first-order valence-electron chi connectivity index (χ1n) is 10.3. The number of nitrogens with one attached hydrogen (secondary N) is 1. The summed E-state index contributed by atoms with van der Waals surface area (Å²) < 4.78 is 0. The third-order valence-corrected chi connectivity index (χ3v) is 7.12. The Balaban J connectivity index is 1.38. The zero-order chi connectivity index (χ0) is 21.8.